The van der Waals surface area contributed by atoms with Crippen molar-refractivity contribution in [2.24, 2.45) is 5.73 Å². The van der Waals surface area contributed by atoms with Gasteiger partial charge in [0.2, 0.25) is 0 Å². The van der Waals surface area contributed by atoms with E-state index in [2.05, 4.69) is 4.74 Å². The molecule has 3 N–H and O–H groups in total. The van der Waals surface area contributed by atoms with E-state index in [9.17, 15) is 40.7 Å². The number of hydrogen-bond donors (Lipinski definition) is 2. The average Bonchev–Trinajstić information content (AvgIpc) is 3.10. The first-order valence-corrected chi connectivity index (χ1v) is 10.6. The number of nitrogens with one attached hydrogen (secondary N) is 1. The van der Waals surface area contributed by atoms with Crippen molar-refractivity contribution < 1.29 is 54.9 Å². The zero-order valence-corrected chi connectivity index (χ0v) is 19.4. The third-order valence-electron chi connectivity index (χ3n) is 5.43. The monoisotopic (exact) mass is 552 g/mol. The van der Waals surface area contributed by atoms with Crippen molar-refractivity contribution in [1.82, 2.24) is 0 Å². The molecule has 0 saturated heterocycles. The number of hydrogen-bond acceptors (Lipinski definition) is 7. The minimum absolute atomic E-state index is 0.0504. The van der Waals surface area contributed by atoms with Crippen LogP contribution in [0, 0.1) is 5.41 Å². The number of fused-ring (bicyclic) bond motifs is 1. The molecule has 14 heteroatoms. The number of carbonyl (C=O) groups is 3. The summed E-state index contributed by atoms with van der Waals surface area (Å²) >= 11 is 0. The number of carbonyl (C=O) groups excluding carboxylic acids is 3. The van der Waals surface area contributed by atoms with Crippen LogP contribution >= 0.6 is 0 Å². The number of halogens is 6. The predicted octanol–water partition coefficient (Wildman–Crippen LogP) is 6.11. The summed E-state index contributed by atoms with van der Waals surface area (Å²) in [6, 6.07) is 7.12. The molecule has 0 amide bonds. The van der Waals surface area contributed by atoms with Gasteiger partial charge < -0.3 is 19.9 Å². The van der Waals surface area contributed by atoms with Gasteiger partial charge in [-0.05, 0) is 55.5 Å². The van der Waals surface area contributed by atoms with Gasteiger partial charge in [0, 0.05) is 11.1 Å². The first-order chi connectivity index (χ1) is 18.1. The van der Waals surface area contributed by atoms with E-state index in [1.54, 1.807) is 0 Å². The Labute approximate surface area is 214 Å². The largest absolute Gasteiger partial charge is 0.457 e. The lowest BCUT2D eigenvalue weighted by atomic mass is 10.0. The van der Waals surface area contributed by atoms with Crippen molar-refractivity contribution in [3.05, 3.63) is 81.9 Å². The molecule has 0 unspecified atom stereocenters. The normalized spacial score (nSPS) is 13.1. The number of Topliss-reactive ketones (excluding diaryl/α,β-unsaturated/α-hetero) is 1. The minimum atomic E-state index is -5.60. The molecular weight excluding hydrogens is 538 g/mol. The number of nitrogens with two attached hydrogens (primary N) is 1. The van der Waals surface area contributed by atoms with Gasteiger partial charge in [0.05, 0.1) is 11.1 Å². The highest BCUT2D eigenvalue weighted by Gasteiger charge is 2.48. The SMILES string of the molecule is CC(=O)c1ccc(Oc2ccc(Oc3ccc4c(c3)C(=O)OC4=O)c(C(F)(F)F)c2C(F)(F)F)cc1C(=N)N. The highest BCUT2D eigenvalue weighted by atomic mass is 19.4. The maximum atomic E-state index is 14.1. The van der Waals surface area contributed by atoms with E-state index in [4.69, 9.17) is 20.6 Å². The van der Waals surface area contributed by atoms with Crippen LogP contribution in [0.25, 0.3) is 0 Å². The Balaban J connectivity index is 1.83. The summed E-state index contributed by atoms with van der Waals surface area (Å²) < 4.78 is 99.1. The Hall–Kier alpha value is -4.88. The molecule has 0 spiro atoms. The van der Waals surface area contributed by atoms with Crippen LogP contribution in [0.3, 0.4) is 0 Å². The van der Waals surface area contributed by atoms with Gasteiger partial charge in [-0.25, -0.2) is 9.59 Å². The van der Waals surface area contributed by atoms with E-state index < -0.39 is 70.0 Å². The van der Waals surface area contributed by atoms with Crippen molar-refractivity contribution in [1.29, 1.82) is 5.41 Å². The van der Waals surface area contributed by atoms with E-state index in [0.717, 1.165) is 43.3 Å². The molecule has 3 aromatic rings. The van der Waals surface area contributed by atoms with Crippen molar-refractivity contribution in [2.45, 2.75) is 19.3 Å². The van der Waals surface area contributed by atoms with E-state index in [0.29, 0.717) is 12.1 Å². The van der Waals surface area contributed by atoms with E-state index in [1.807, 2.05) is 0 Å². The first-order valence-electron chi connectivity index (χ1n) is 10.6. The van der Waals surface area contributed by atoms with Crippen molar-refractivity contribution >= 4 is 23.6 Å². The lowest BCUT2D eigenvalue weighted by Gasteiger charge is -2.22. The van der Waals surface area contributed by atoms with Crippen LogP contribution < -0.4 is 15.2 Å². The molecule has 0 fully saturated rings. The van der Waals surface area contributed by atoms with Gasteiger partial charge in [-0.2, -0.15) is 26.3 Å². The highest BCUT2D eigenvalue weighted by Crippen LogP contribution is 2.50. The molecule has 0 saturated carbocycles. The predicted molar refractivity (Wildman–Crippen MR) is 120 cm³/mol. The molecule has 0 aromatic heterocycles. The van der Waals surface area contributed by atoms with E-state index in [-0.39, 0.29) is 22.3 Å². The topological polar surface area (TPSA) is 129 Å². The van der Waals surface area contributed by atoms with Crippen molar-refractivity contribution in [3.63, 3.8) is 0 Å². The van der Waals surface area contributed by atoms with Crippen LogP contribution in [0.1, 0.15) is 54.7 Å². The Kier molecular flexibility index (Phi) is 6.58. The summed E-state index contributed by atoms with van der Waals surface area (Å²) in [6.07, 6.45) is -11.2. The average molecular weight is 552 g/mol. The van der Waals surface area contributed by atoms with Gasteiger partial charge >= 0.3 is 24.3 Å². The molecule has 39 heavy (non-hydrogen) atoms. The quantitative estimate of drug-likeness (QED) is 0.0944. The second-order valence-corrected chi connectivity index (χ2v) is 8.07. The van der Waals surface area contributed by atoms with Crippen molar-refractivity contribution in [3.8, 4) is 23.0 Å². The molecule has 0 bridgehead atoms. The standard InChI is InChI=1S/C25H14F6N2O6/c1-10(34)13-4-2-11(8-15(13)21(32)33)37-17-6-7-18(20(25(29,30)31)19(17)24(26,27)28)38-12-3-5-14-16(9-12)23(36)39-22(14)35/h2-9H,1H3,(H3,32,33). The fourth-order valence-electron chi connectivity index (χ4n) is 3.80. The number of nitrogen functional groups attached to an aromatic ring is 1. The highest BCUT2D eigenvalue weighted by molar-refractivity contribution is 6.14. The Bertz CT molecular complexity index is 1560. The summed E-state index contributed by atoms with van der Waals surface area (Å²) in [5.41, 5.74) is 0.205. The smallest absolute Gasteiger partial charge is 0.420 e. The van der Waals surface area contributed by atoms with E-state index >= 15 is 0 Å². The Morgan fingerprint density at radius 2 is 1.26 bits per heavy atom. The zero-order valence-electron chi connectivity index (χ0n) is 19.4. The second kappa shape index (κ2) is 9.45. The molecule has 202 valence electrons. The molecule has 0 radical (unpaired) electrons. The number of amidine groups is 1. The molecular formula is C25H14F6N2O6. The minimum Gasteiger partial charge on any atom is -0.457 e. The summed E-state index contributed by atoms with van der Waals surface area (Å²) in [5, 5.41) is 7.59. The number of esters is 2. The van der Waals surface area contributed by atoms with Gasteiger partial charge in [0.1, 0.15) is 40.0 Å². The van der Waals surface area contributed by atoms with Crippen LogP contribution in [0.4, 0.5) is 26.3 Å². The maximum absolute atomic E-state index is 14.1. The number of rotatable bonds is 6. The third kappa shape index (κ3) is 5.26. The molecule has 0 atom stereocenters. The number of ether oxygens (including phenoxy) is 3. The fraction of sp³-hybridized carbons (Fsp3) is 0.120. The molecule has 8 nitrogen and oxygen atoms in total. The lowest BCUT2D eigenvalue weighted by molar-refractivity contribution is -0.163. The summed E-state index contributed by atoms with van der Waals surface area (Å²) in [5.74, 6) is -6.67. The molecule has 4 rings (SSSR count). The maximum Gasteiger partial charge on any atom is 0.420 e. The molecule has 0 aliphatic carbocycles. The molecule has 1 heterocycles. The summed E-state index contributed by atoms with van der Waals surface area (Å²) in [4.78, 5) is 35.1. The first kappa shape index (κ1) is 27.2. The third-order valence-corrected chi connectivity index (χ3v) is 5.43. The number of alkyl halides is 6. The summed E-state index contributed by atoms with van der Waals surface area (Å²) in [6.45, 7) is 1.15. The van der Waals surface area contributed by atoms with Gasteiger partial charge in [0.25, 0.3) is 0 Å². The Morgan fingerprint density at radius 1 is 0.769 bits per heavy atom. The molecule has 1 aliphatic rings. The van der Waals surface area contributed by atoms with Gasteiger partial charge in [-0.3, -0.25) is 10.2 Å². The zero-order chi connectivity index (χ0) is 28.9. The van der Waals surface area contributed by atoms with Crippen LogP contribution in [0.2, 0.25) is 0 Å². The molecule has 1 aliphatic heterocycles. The van der Waals surface area contributed by atoms with Gasteiger partial charge in [-0.15, -0.1) is 0 Å². The second-order valence-electron chi connectivity index (χ2n) is 8.07. The number of cyclic esters (lactones) is 2. The molecule has 3 aromatic carbocycles. The van der Waals surface area contributed by atoms with Crippen molar-refractivity contribution in [2.75, 3.05) is 0 Å². The lowest BCUT2D eigenvalue weighted by Crippen LogP contribution is -2.19. The van der Waals surface area contributed by atoms with E-state index in [1.165, 1.54) is 0 Å². The summed E-state index contributed by atoms with van der Waals surface area (Å²) in [7, 11) is 0. The van der Waals surface area contributed by atoms with Crippen LogP contribution in [0.15, 0.2) is 48.5 Å². The van der Waals surface area contributed by atoms with Crippen LogP contribution in [-0.4, -0.2) is 23.6 Å². The van der Waals surface area contributed by atoms with Gasteiger partial charge in [0.15, 0.2) is 5.78 Å². The number of ketones is 1. The van der Waals surface area contributed by atoms with Crippen LogP contribution in [-0.2, 0) is 17.1 Å². The fourth-order valence-corrected chi connectivity index (χ4v) is 3.80. The van der Waals surface area contributed by atoms with Gasteiger partial charge in [-0.1, -0.05) is 0 Å². The number of benzene rings is 3. The Morgan fingerprint density at radius 3 is 1.74 bits per heavy atom. The van der Waals surface area contributed by atoms with Crippen LogP contribution in [0.5, 0.6) is 23.0 Å².